The minimum Gasteiger partial charge on any atom is -0.368 e. The highest BCUT2D eigenvalue weighted by Crippen LogP contribution is 2.25. The number of hydrogen-bond acceptors (Lipinski definition) is 1. The summed E-state index contributed by atoms with van der Waals surface area (Å²) in [4.78, 5) is 0. The first-order valence-electron chi connectivity index (χ1n) is 5.69. The molecule has 88 valence electrons. The van der Waals surface area contributed by atoms with Crippen LogP contribution in [-0.2, 0) is 4.74 Å². The van der Waals surface area contributed by atoms with Crippen LogP contribution in [0.5, 0.6) is 0 Å². The maximum absolute atomic E-state index is 5.96. The third-order valence-corrected chi connectivity index (χ3v) is 3.01. The van der Waals surface area contributed by atoms with Crippen LogP contribution >= 0.6 is 22.6 Å². The number of hydrogen-bond donors (Lipinski definition) is 0. The van der Waals surface area contributed by atoms with Gasteiger partial charge in [-0.05, 0) is 11.1 Å². The predicted octanol–water partition coefficient (Wildman–Crippen LogP) is 4.23. The molecule has 0 bridgehead atoms. The molecule has 0 fully saturated rings. The van der Waals surface area contributed by atoms with Gasteiger partial charge in [-0.1, -0.05) is 83.3 Å². The van der Waals surface area contributed by atoms with Crippen molar-refractivity contribution in [2.75, 3.05) is 11.0 Å². The molecule has 0 aromatic heterocycles. The van der Waals surface area contributed by atoms with Crippen LogP contribution in [0.2, 0.25) is 0 Å². The van der Waals surface area contributed by atoms with Gasteiger partial charge in [0.05, 0.1) is 6.61 Å². The van der Waals surface area contributed by atoms with Crippen LogP contribution in [0.25, 0.3) is 0 Å². The molecule has 0 spiro atoms. The molecule has 2 aromatic rings. The van der Waals surface area contributed by atoms with Crippen LogP contribution in [0.4, 0.5) is 0 Å². The van der Waals surface area contributed by atoms with E-state index in [1.54, 1.807) is 0 Å². The number of rotatable bonds is 5. The van der Waals surface area contributed by atoms with Crippen LogP contribution in [0.15, 0.2) is 60.7 Å². The molecule has 2 rings (SSSR count). The average Bonchev–Trinajstić information content (AvgIpc) is 2.42. The normalized spacial score (nSPS) is 10.7. The molecule has 0 unspecified atom stereocenters. The minimum absolute atomic E-state index is 0.0483. The number of benzene rings is 2. The Morgan fingerprint density at radius 2 is 1.29 bits per heavy atom. The number of halogens is 1. The second-order valence-corrected chi connectivity index (χ2v) is 4.84. The standard InChI is InChI=1S/C15H15IO/c16-11-12-17-15(13-7-3-1-4-8-13)14-9-5-2-6-10-14/h1-10,15H,11-12H2. The van der Waals surface area contributed by atoms with Crippen molar-refractivity contribution in [3.05, 3.63) is 71.8 Å². The maximum Gasteiger partial charge on any atom is 0.108 e. The Kier molecular flexibility index (Phi) is 5.01. The second kappa shape index (κ2) is 6.77. The van der Waals surface area contributed by atoms with Crippen LogP contribution in [-0.4, -0.2) is 11.0 Å². The highest BCUT2D eigenvalue weighted by atomic mass is 127. The third kappa shape index (κ3) is 3.54. The monoisotopic (exact) mass is 338 g/mol. The summed E-state index contributed by atoms with van der Waals surface area (Å²) in [7, 11) is 0. The van der Waals surface area contributed by atoms with E-state index in [0.717, 1.165) is 11.0 Å². The van der Waals surface area contributed by atoms with Crippen molar-refractivity contribution in [2.45, 2.75) is 6.10 Å². The lowest BCUT2D eigenvalue weighted by molar-refractivity contribution is 0.0948. The van der Waals surface area contributed by atoms with E-state index < -0.39 is 0 Å². The molecule has 2 heteroatoms. The van der Waals surface area contributed by atoms with E-state index in [-0.39, 0.29) is 6.10 Å². The van der Waals surface area contributed by atoms with E-state index in [1.165, 1.54) is 11.1 Å². The quantitative estimate of drug-likeness (QED) is 0.586. The zero-order valence-corrected chi connectivity index (χ0v) is 11.7. The van der Waals surface area contributed by atoms with Gasteiger partial charge in [0.1, 0.15) is 6.10 Å². The summed E-state index contributed by atoms with van der Waals surface area (Å²) in [6, 6.07) is 20.7. The number of ether oxygens (including phenoxy) is 1. The van der Waals surface area contributed by atoms with Crippen LogP contribution < -0.4 is 0 Å². The van der Waals surface area contributed by atoms with Crippen molar-refractivity contribution in [3.8, 4) is 0 Å². The summed E-state index contributed by atoms with van der Waals surface area (Å²) in [5, 5.41) is 0. The molecule has 0 atom stereocenters. The van der Waals surface area contributed by atoms with Crippen LogP contribution in [0.3, 0.4) is 0 Å². The van der Waals surface area contributed by atoms with Gasteiger partial charge in [0.2, 0.25) is 0 Å². The first kappa shape index (κ1) is 12.6. The molecule has 0 N–H and O–H groups in total. The molecule has 0 heterocycles. The molecule has 0 aliphatic carbocycles. The lowest BCUT2D eigenvalue weighted by Gasteiger charge is -2.18. The first-order chi connectivity index (χ1) is 8.42. The fourth-order valence-electron chi connectivity index (χ4n) is 1.80. The van der Waals surface area contributed by atoms with Crippen molar-refractivity contribution < 1.29 is 4.74 Å². The zero-order valence-electron chi connectivity index (χ0n) is 9.55. The van der Waals surface area contributed by atoms with Gasteiger partial charge in [-0.15, -0.1) is 0 Å². The Morgan fingerprint density at radius 3 is 1.71 bits per heavy atom. The smallest absolute Gasteiger partial charge is 0.108 e. The highest BCUT2D eigenvalue weighted by molar-refractivity contribution is 14.1. The lowest BCUT2D eigenvalue weighted by Crippen LogP contribution is -2.07. The zero-order chi connectivity index (χ0) is 11.9. The van der Waals surface area contributed by atoms with E-state index in [4.69, 9.17) is 4.74 Å². The minimum atomic E-state index is 0.0483. The van der Waals surface area contributed by atoms with Gasteiger partial charge >= 0.3 is 0 Å². The van der Waals surface area contributed by atoms with Crippen molar-refractivity contribution in [1.29, 1.82) is 0 Å². The van der Waals surface area contributed by atoms with Crippen molar-refractivity contribution >= 4 is 22.6 Å². The van der Waals surface area contributed by atoms with Gasteiger partial charge in [-0.2, -0.15) is 0 Å². The van der Waals surface area contributed by atoms with E-state index in [0.29, 0.717) is 0 Å². The van der Waals surface area contributed by atoms with Crippen LogP contribution in [0.1, 0.15) is 17.2 Å². The average molecular weight is 338 g/mol. The van der Waals surface area contributed by atoms with Gasteiger partial charge in [-0.3, -0.25) is 0 Å². The summed E-state index contributed by atoms with van der Waals surface area (Å²) in [5.41, 5.74) is 2.42. The molecule has 0 amide bonds. The maximum atomic E-state index is 5.96. The van der Waals surface area contributed by atoms with Crippen LogP contribution in [0, 0.1) is 0 Å². The van der Waals surface area contributed by atoms with Gasteiger partial charge in [0.25, 0.3) is 0 Å². The Balaban J connectivity index is 2.26. The number of alkyl halides is 1. The molecule has 17 heavy (non-hydrogen) atoms. The molecule has 0 aliphatic heterocycles. The van der Waals surface area contributed by atoms with Gasteiger partial charge in [-0.25, -0.2) is 0 Å². The van der Waals surface area contributed by atoms with E-state index in [2.05, 4.69) is 71.1 Å². The Morgan fingerprint density at radius 1 is 0.824 bits per heavy atom. The van der Waals surface area contributed by atoms with E-state index >= 15 is 0 Å². The SMILES string of the molecule is ICCOC(c1ccccc1)c1ccccc1. The molecule has 0 aliphatic rings. The van der Waals surface area contributed by atoms with Gasteiger partial charge in [0.15, 0.2) is 0 Å². The molecular formula is C15H15IO. The molecule has 0 radical (unpaired) electrons. The van der Waals surface area contributed by atoms with E-state index in [1.807, 2.05) is 12.1 Å². The molecular weight excluding hydrogens is 323 g/mol. The van der Waals surface area contributed by atoms with Gasteiger partial charge in [0, 0.05) is 4.43 Å². The Bertz CT molecular complexity index is 388. The molecule has 0 saturated carbocycles. The summed E-state index contributed by atoms with van der Waals surface area (Å²) < 4.78 is 6.96. The molecule has 1 nitrogen and oxygen atoms in total. The summed E-state index contributed by atoms with van der Waals surface area (Å²) in [5.74, 6) is 0. The highest BCUT2D eigenvalue weighted by Gasteiger charge is 2.13. The largest absolute Gasteiger partial charge is 0.368 e. The fourth-order valence-corrected chi connectivity index (χ4v) is 2.06. The Labute approximate surface area is 116 Å². The summed E-state index contributed by atoms with van der Waals surface area (Å²) in [6.07, 6.45) is 0.0483. The molecule has 2 aromatic carbocycles. The first-order valence-corrected chi connectivity index (χ1v) is 7.22. The lowest BCUT2D eigenvalue weighted by atomic mass is 10.0. The van der Waals surface area contributed by atoms with Crippen molar-refractivity contribution in [3.63, 3.8) is 0 Å². The predicted molar refractivity (Wildman–Crippen MR) is 79.6 cm³/mol. The van der Waals surface area contributed by atoms with Gasteiger partial charge < -0.3 is 4.74 Å². The summed E-state index contributed by atoms with van der Waals surface area (Å²) >= 11 is 2.33. The fraction of sp³-hybridized carbons (Fsp3) is 0.200. The van der Waals surface area contributed by atoms with Crippen molar-refractivity contribution in [1.82, 2.24) is 0 Å². The summed E-state index contributed by atoms with van der Waals surface area (Å²) in [6.45, 7) is 0.773. The van der Waals surface area contributed by atoms with E-state index in [9.17, 15) is 0 Å². The molecule has 0 saturated heterocycles. The third-order valence-electron chi connectivity index (χ3n) is 2.57. The topological polar surface area (TPSA) is 9.23 Å². The van der Waals surface area contributed by atoms with Crippen molar-refractivity contribution in [2.24, 2.45) is 0 Å². The Hall–Kier alpha value is -0.870. The second-order valence-electron chi connectivity index (χ2n) is 3.76.